The Morgan fingerprint density at radius 3 is 2.82 bits per heavy atom. The van der Waals surface area contributed by atoms with Crippen LogP contribution in [0.5, 0.6) is 0 Å². The van der Waals surface area contributed by atoms with Gasteiger partial charge in [0.2, 0.25) is 0 Å². The van der Waals surface area contributed by atoms with Crippen LogP contribution < -0.4 is 0 Å². The third-order valence-corrected chi connectivity index (χ3v) is 3.17. The Labute approximate surface area is 72.0 Å². The van der Waals surface area contributed by atoms with Gasteiger partial charge in [-0.15, -0.1) is 0 Å². The smallest absolute Gasteiger partial charge is 0.0891 e. The van der Waals surface area contributed by atoms with Crippen molar-refractivity contribution in [3.8, 4) is 0 Å². The minimum atomic E-state index is 1.07. The molecule has 1 saturated carbocycles. The van der Waals surface area contributed by atoms with Gasteiger partial charge in [0.1, 0.15) is 7.28 Å². The van der Waals surface area contributed by atoms with Crippen molar-refractivity contribution in [3.63, 3.8) is 0 Å². The summed E-state index contributed by atoms with van der Waals surface area (Å²) in [5.74, 6) is 2.15. The second-order valence-corrected chi connectivity index (χ2v) is 4.10. The Balaban J connectivity index is 2.21. The predicted octanol–water partition coefficient (Wildman–Crippen LogP) is 3.25. The molecule has 1 aliphatic carbocycles. The second kappa shape index (κ2) is 4.85. The zero-order chi connectivity index (χ0) is 8.10. The van der Waals surface area contributed by atoms with E-state index in [1.54, 1.807) is 0 Å². The highest BCUT2D eigenvalue weighted by Crippen LogP contribution is 2.34. The standard InChI is InChI=1S/C10H21B/c1-3-5-9-6-4-7-10(8-9)11-2/h9-11H,3-8H2,1-2H3/t9?,10-/m0/s1. The zero-order valence-corrected chi connectivity index (χ0v) is 8.10. The van der Waals surface area contributed by atoms with Gasteiger partial charge in [-0.05, 0) is 5.92 Å². The van der Waals surface area contributed by atoms with Gasteiger partial charge in [0.05, 0.1) is 0 Å². The Morgan fingerprint density at radius 2 is 2.18 bits per heavy atom. The minimum absolute atomic E-state index is 1.07. The molecule has 1 rings (SSSR count). The maximum atomic E-state index is 2.35. The van der Waals surface area contributed by atoms with Crippen LogP contribution in [0.2, 0.25) is 12.6 Å². The summed E-state index contributed by atoms with van der Waals surface area (Å²) in [6, 6.07) is 0. The Morgan fingerprint density at radius 1 is 1.36 bits per heavy atom. The van der Waals surface area contributed by atoms with Crippen LogP contribution in [0.3, 0.4) is 0 Å². The van der Waals surface area contributed by atoms with Gasteiger partial charge >= 0.3 is 0 Å². The molecule has 0 nitrogen and oxygen atoms in total. The topological polar surface area (TPSA) is 0 Å². The first kappa shape index (κ1) is 9.16. The van der Waals surface area contributed by atoms with E-state index in [1.807, 2.05) is 0 Å². The van der Waals surface area contributed by atoms with Crippen molar-refractivity contribution in [3.05, 3.63) is 0 Å². The van der Waals surface area contributed by atoms with Gasteiger partial charge in [0, 0.05) is 0 Å². The van der Waals surface area contributed by atoms with Crippen LogP contribution in [0.25, 0.3) is 0 Å². The molecular formula is C10H21B. The molecule has 1 heteroatoms. The van der Waals surface area contributed by atoms with E-state index >= 15 is 0 Å². The molecule has 64 valence electrons. The highest BCUT2D eigenvalue weighted by Gasteiger charge is 2.19. The van der Waals surface area contributed by atoms with Crippen LogP contribution in [0.15, 0.2) is 0 Å². The molecule has 1 unspecified atom stereocenters. The van der Waals surface area contributed by atoms with Gasteiger partial charge < -0.3 is 0 Å². The molecule has 0 aromatic rings. The summed E-state index contributed by atoms with van der Waals surface area (Å²) in [6.07, 6.45) is 8.94. The van der Waals surface area contributed by atoms with E-state index < -0.39 is 0 Å². The Hall–Kier alpha value is 0.0649. The second-order valence-electron chi connectivity index (χ2n) is 4.10. The Kier molecular flexibility index (Phi) is 4.03. The lowest BCUT2D eigenvalue weighted by atomic mass is 9.58. The van der Waals surface area contributed by atoms with Crippen LogP contribution in [0, 0.1) is 5.92 Å². The molecule has 0 aliphatic heterocycles. The molecule has 1 aliphatic rings. The van der Waals surface area contributed by atoms with Crippen molar-refractivity contribution in [1.82, 2.24) is 0 Å². The van der Waals surface area contributed by atoms with Crippen LogP contribution in [-0.4, -0.2) is 7.28 Å². The highest BCUT2D eigenvalue weighted by molar-refractivity contribution is 6.35. The molecule has 1 fully saturated rings. The van der Waals surface area contributed by atoms with E-state index in [4.69, 9.17) is 0 Å². The van der Waals surface area contributed by atoms with E-state index in [0.29, 0.717) is 0 Å². The minimum Gasteiger partial charge on any atom is -0.0891 e. The van der Waals surface area contributed by atoms with Gasteiger partial charge in [0.15, 0.2) is 0 Å². The average Bonchev–Trinajstić information content (AvgIpc) is 2.06. The lowest BCUT2D eigenvalue weighted by Gasteiger charge is -2.27. The summed E-state index contributed by atoms with van der Waals surface area (Å²) in [5.41, 5.74) is 0. The van der Waals surface area contributed by atoms with Crippen LogP contribution >= 0.6 is 0 Å². The molecule has 0 amide bonds. The van der Waals surface area contributed by atoms with E-state index in [1.165, 1.54) is 45.8 Å². The fourth-order valence-corrected chi connectivity index (χ4v) is 2.44. The van der Waals surface area contributed by atoms with E-state index in [-0.39, 0.29) is 0 Å². The molecule has 0 spiro atoms. The van der Waals surface area contributed by atoms with Gasteiger partial charge in [-0.3, -0.25) is 0 Å². The van der Waals surface area contributed by atoms with E-state index in [0.717, 1.165) is 11.7 Å². The maximum absolute atomic E-state index is 2.35. The van der Waals surface area contributed by atoms with Gasteiger partial charge in [-0.2, -0.15) is 0 Å². The van der Waals surface area contributed by atoms with Gasteiger partial charge in [-0.25, -0.2) is 0 Å². The third-order valence-electron chi connectivity index (χ3n) is 3.17. The lowest BCUT2D eigenvalue weighted by molar-refractivity contribution is 0.335. The third kappa shape index (κ3) is 2.88. The molecule has 0 aromatic carbocycles. The monoisotopic (exact) mass is 152 g/mol. The first-order valence-electron chi connectivity index (χ1n) is 5.36. The van der Waals surface area contributed by atoms with Crippen molar-refractivity contribution in [2.75, 3.05) is 0 Å². The summed E-state index contributed by atoms with van der Waals surface area (Å²) in [7, 11) is 1.42. The molecule has 0 N–H and O–H groups in total. The van der Waals surface area contributed by atoms with Crippen molar-refractivity contribution in [2.24, 2.45) is 5.92 Å². The molecule has 0 radical (unpaired) electrons. The maximum Gasteiger partial charge on any atom is 0.121 e. The lowest BCUT2D eigenvalue weighted by Crippen LogP contribution is -2.14. The quantitative estimate of drug-likeness (QED) is 0.544. The van der Waals surface area contributed by atoms with Crippen LogP contribution in [0.4, 0.5) is 0 Å². The zero-order valence-electron chi connectivity index (χ0n) is 8.10. The van der Waals surface area contributed by atoms with Gasteiger partial charge in [0.25, 0.3) is 0 Å². The van der Waals surface area contributed by atoms with Crippen LogP contribution in [0.1, 0.15) is 45.4 Å². The van der Waals surface area contributed by atoms with Gasteiger partial charge in [-0.1, -0.05) is 58.1 Å². The number of hydrogen-bond donors (Lipinski definition) is 0. The molecule has 11 heavy (non-hydrogen) atoms. The van der Waals surface area contributed by atoms with Crippen molar-refractivity contribution in [2.45, 2.75) is 58.1 Å². The first-order valence-corrected chi connectivity index (χ1v) is 5.36. The number of hydrogen-bond acceptors (Lipinski definition) is 0. The Bertz CT molecular complexity index is 99.0. The average molecular weight is 152 g/mol. The SMILES string of the molecule is CB[C@H]1CCCC(CCC)C1. The molecule has 0 aromatic heterocycles. The normalized spacial score (nSPS) is 31.8. The molecule has 0 bridgehead atoms. The summed E-state index contributed by atoms with van der Waals surface area (Å²) < 4.78 is 0. The van der Waals surface area contributed by atoms with E-state index in [9.17, 15) is 0 Å². The molecule has 0 heterocycles. The summed E-state index contributed by atoms with van der Waals surface area (Å²) in [4.78, 5) is 0. The molecular weight excluding hydrogens is 131 g/mol. The van der Waals surface area contributed by atoms with Crippen molar-refractivity contribution in [1.29, 1.82) is 0 Å². The molecule has 2 atom stereocenters. The molecule has 0 saturated heterocycles. The fraction of sp³-hybridized carbons (Fsp3) is 1.00. The van der Waals surface area contributed by atoms with Crippen molar-refractivity contribution < 1.29 is 0 Å². The fourth-order valence-electron chi connectivity index (χ4n) is 2.44. The summed E-state index contributed by atoms with van der Waals surface area (Å²) >= 11 is 0. The first-order chi connectivity index (χ1) is 5.36. The number of rotatable bonds is 3. The summed E-state index contributed by atoms with van der Waals surface area (Å²) in [5, 5.41) is 0. The van der Waals surface area contributed by atoms with Crippen LogP contribution in [-0.2, 0) is 0 Å². The predicted molar refractivity (Wildman–Crippen MR) is 53.6 cm³/mol. The largest absolute Gasteiger partial charge is 0.121 e. The summed E-state index contributed by atoms with van der Waals surface area (Å²) in [6.45, 7) is 4.66. The highest BCUT2D eigenvalue weighted by atomic mass is 14.2. The van der Waals surface area contributed by atoms with E-state index in [2.05, 4.69) is 13.7 Å². The van der Waals surface area contributed by atoms with Crippen molar-refractivity contribution >= 4 is 7.28 Å².